The lowest BCUT2D eigenvalue weighted by Crippen LogP contribution is -2.32. The van der Waals surface area contributed by atoms with Crippen LogP contribution >= 0.6 is 0 Å². The standard InChI is InChI=1S/C20H22FNO2/c1-2-12-24-18-8-5-7-15(13-18)20(23)22(17-10-11-17)14-16-6-3-4-9-19(16)21/h3-9,13,17H,2,10-12,14H2,1H3. The van der Waals surface area contributed by atoms with Crippen LogP contribution in [0.3, 0.4) is 0 Å². The largest absolute Gasteiger partial charge is 0.494 e. The van der Waals surface area contributed by atoms with Crippen molar-refractivity contribution in [3.63, 3.8) is 0 Å². The summed E-state index contributed by atoms with van der Waals surface area (Å²) in [4.78, 5) is 14.7. The van der Waals surface area contributed by atoms with E-state index in [1.807, 2.05) is 19.1 Å². The van der Waals surface area contributed by atoms with Crippen LogP contribution in [-0.2, 0) is 6.54 Å². The summed E-state index contributed by atoms with van der Waals surface area (Å²) < 4.78 is 19.6. The second-order valence-electron chi connectivity index (χ2n) is 6.13. The molecule has 3 nitrogen and oxygen atoms in total. The van der Waals surface area contributed by atoms with E-state index in [1.54, 1.807) is 35.2 Å². The Morgan fingerprint density at radius 1 is 1.21 bits per heavy atom. The first kappa shape index (κ1) is 16.5. The first-order valence-electron chi connectivity index (χ1n) is 8.46. The van der Waals surface area contributed by atoms with Crippen LogP contribution in [0.5, 0.6) is 5.75 Å². The van der Waals surface area contributed by atoms with Gasteiger partial charge in [0.15, 0.2) is 0 Å². The molecule has 2 aromatic carbocycles. The molecule has 24 heavy (non-hydrogen) atoms. The molecule has 1 amide bonds. The minimum absolute atomic E-state index is 0.0669. The Kier molecular flexibility index (Phi) is 5.14. The van der Waals surface area contributed by atoms with Crippen molar-refractivity contribution in [1.82, 2.24) is 4.90 Å². The molecule has 0 heterocycles. The van der Waals surface area contributed by atoms with Gasteiger partial charge in [-0.3, -0.25) is 4.79 Å². The van der Waals surface area contributed by atoms with E-state index >= 15 is 0 Å². The Balaban J connectivity index is 1.79. The molecule has 0 spiro atoms. The summed E-state index contributed by atoms with van der Waals surface area (Å²) in [5, 5.41) is 0. The van der Waals surface area contributed by atoms with Crippen molar-refractivity contribution in [2.24, 2.45) is 0 Å². The molecule has 3 rings (SSSR count). The number of hydrogen-bond donors (Lipinski definition) is 0. The summed E-state index contributed by atoms with van der Waals surface area (Å²) in [5.41, 5.74) is 1.14. The summed E-state index contributed by atoms with van der Waals surface area (Å²) in [5.74, 6) is 0.364. The van der Waals surface area contributed by atoms with Crippen LogP contribution in [-0.4, -0.2) is 23.5 Å². The number of carbonyl (C=O) groups is 1. The predicted molar refractivity (Wildman–Crippen MR) is 91.5 cm³/mol. The fourth-order valence-corrected chi connectivity index (χ4v) is 2.67. The smallest absolute Gasteiger partial charge is 0.254 e. The third-order valence-electron chi connectivity index (χ3n) is 4.10. The molecule has 1 aliphatic rings. The Morgan fingerprint density at radius 3 is 2.71 bits per heavy atom. The maximum absolute atomic E-state index is 13.9. The van der Waals surface area contributed by atoms with E-state index in [2.05, 4.69) is 0 Å². The molecule has 0 aliphatic heterocycles. The van der Waals surface area contributed by atoms with Gasteiger partial charge in [0.05, 0.1) is 6.61 Å². The minimum Gasteiger partial charge on any atom is -0.494 e. The van der Waals surface area contributed by atoms with Crippen molar-refractivity contribution in [1.29, 1.82) is 0 Å². The first-order chi connectivity index (χ1) is 11.7. The quantitative estimate of drug-likeness (QED) is 0.753. The SMILES string of the molecule is CCCOc1cccc(C(=O)N(Cc2ccccc2F)C2CC2)c1. The van der Waals surface area contributed by atoms with E-state index < -0.39 is 0 Å². The predicted octanol–water partition coefficient (Wildman–Crippen LogP) is 4.42. The zero-order valence-electron chi connectivity index (χ0n) is 13.9. The van der Waals surface area contributed by atoms with Gasteiger partial charge in [0.25, 0.3) is 5.91 Å². The van der Waals surface area contributed by atoms with E-state index in [0.717, 1.165) is 19.3 Å². The van der Waals surface area contributed by atoms with Crippen molar-refractivity contribution < 1.29 is 13.9 Å². The van der Waals surface area contributed by atoms with Crippen molar-refractivity contribution in [2.75, 3.05) is 6.61 Å². The van der Waals surface area contributed by atoms with Crippen LogP contribution < -0.4 is 4.74 Å². The van der Waals surface area contributed by atoms with Crippen molar-refractivity contribution >= 4 is 5.91 Å². The summed E-state index contributed by atoms with van der Waals surface area (Å²) in [6.45, 7) is 2.97. The zero-order chi connectivity index (χ0) is 16.9. The number of hydrogen-bond acceptors (Lipinski definition) is 2. The number of halogens is 1. The second kappa shape index (κ2) is 7.47. The van der Waals surface area contributed by atoms with Gasteiger partial charge in [0.1, 0.15) is 11.6 Å². The van der Waals surface area contributed by atoms with Gasteiger partial charge < -0.3 is 9.64 Å². The fourth-order valence-electron chi connectivity index (χ4n) is 2.67. The van der Waals surface area contributed by atoms with Gasteiger partial charge in [-0.1, -0.05) is 31.2 Å². The normalized spacial score (nSPS) is 13.6. The van der Waals surface area contributed by atoms with Gasteiger partial charge in [-0.05, 0) is 43.5 Å². The van der Waals surface area contributed by atoms with E-state index in [9.17, 15) is 9.18 Å². The maximum Gasteiger partial charge on any atom is 0.254 e. The van der Waals surface area contributed by atoms with Crippen molar-refractivity contribution in [3.05, 3.63) is 65.5 Å². The summed E-state index contributed by atoms with van der Waals surface area (Å²) in [6, 6.07) is 14.1. The number of carbonyl (C=O) groups excluding carboxylic acids is 1. The van der Waals surface area contributed by atoms with Crippen LogP contribution in [0, 0.1) is 5.82 Å². The van der Waals surface area contributed by atoms with Gasteiger partial charge in [0.2, 0.25) is 0 Å². The van der Waals surface area contributed by atoms with E-state index in [4.69, 9.17) is 4.74 Å². The first-order valence-corrected chi connectivity index (χ1v) is 8.46. The van der Waals surface area contributed by atoms with E-state index in [0.29, 0.717) is 30.0 Å². The minimum atomic E-state index is -0.268. The lowest BCUT2D eigenvalue weighted by Gasteiger charge is -2.23. The van der Waals surface area contributed by atoms with Crippen molar-refractivity contribution in [3.8, 4) is 5.75 Å². The summed E-state index contributed by atoms with van der Waals surface area (Å²) in [7, 11) is 0. The van der Waals surface area contributed by atoms with Gasteiger partial charge in [-0.2, -0.15) is 0 Å². The van der Waals surface area contributed by atoms with E-state index in [1.165, 1.54) is 6.07 Å². The Morgan fingerprint density at radius 2 is 2.00 bits per heavy atom. The average Bonchev–Trinajstić information content (AvgIpc) is 3.44. The Hall–Kier alpha value is -2.36. The third kappa shape index (κ3) is 3.94. The highest BCUT2D eigenvalue weighted by Crippen LogP contribution is 2.30. The molecule has 0 bridgehead atoms. The highest BCUT2D eigenvalue weighted by Gasteiger charge is 2.33. The Labute approximate surface area is 142 Å². The maximum atomic E-state index is 13.9. The Bertz CT molecular complexity index is 712. The number of nitrogens with zero attached hydrogens (tertiary/aromatic N) is 1. The van der Waals surface area contributed by atoms with Gasteiger partial charge in [-0.25, -0.2) is 4.39 Å². The lowest BCUT2D eigenvalue weighted by molar-refractivity contribution is 0.0728. The van der Waals surface area contributed by atoms with Crippen LogP contribution in [0.2, 0.25) is 0 Å². The zero-order valence-corrected chi connectivity index (χ0v) is 13.9. The third-order valence-corrected chi connectivity index (χ3v) is 4.10. The summed E-state index contributed by atoms with van der Waals surface area (Å²) in [6.07, 6.45) is 2.87. The molecule has 0 saturated heterocycles. The number of amides is 1. The molecular formula is C20H22FNO2. The fraction of sp³-hybridized carbons (Fsp3) is 0.350. The molecular weight excluding hydrogens is 305 g/mol. The molecule has 0 radical (unpaired) electrons. The average molecular weight is 327 g/mol. The highest BCUT2D eigenvalue weighted by atomic mass is 19.1. The van der Waals surface area contributed by atoms with Crippen molar-refractivity contribution in [2.45, 2.75) is 38.8 Å². The van der Waals surface area contributed by atoms with Crippen LogP contribution in [0.25, 0.3) is 0 Å². The van der Waals surface area contributed by atoms with Crippen LogP contribution in [0.15, 0.2) is 48.5 Å². The monoisotopic (exact) mass is 327 g/mol. The highest BCUT2D eigenvalue weighted by molar-refractivity contribution is 5.95. The van der Waals surface area contributed by atoms with E-state index in [-0.39, 0.29) is 17.8 Å². The molecule has 0 aromatic heterocycles. The second-order valence-corrected chi connectivity index (χ2v) is 6.13. The molecule has 126 valence electrons. The molecule has 0 N–H and O–H groups in total. The molecule has 1 aliphatic carbocycles. The molecule has 2 aromatic rings. The van der Waals surface area contributed by atoms with Crippen LogP contribution in [0.4, 0.5) is 4.39 Å². The molecule has 1 saturated carbocycles. The lowest BCUT2D eigenvalue weighted by atomic mass is 10.1. The van der Waals surface area contributed by atoms with Gasteiger partial charge in [0, 0.05) is 23.7 Å². The van der Waals surface area contributed by atoms with Crippen LogP contribution in [0.1, 0.15) is 42.1 Å². The summed E-state index contributed by atoms with van der Waals surface area (Å²) >= 11 is 0. The number of rotatable bonds is 7. The molecule has 0 unspecified atom stereocenters. The van der Waals surface area contributed by atoms with Gasteiger partial charge in [-0.15, -0.1) is 0 Å². The molecule has 4 heteroatoms. The molecule has 0 atom stereocenters. The topological polar surface area (TPSA) is 29.5 Å². The molecule has 1 fully saturated rings. The van der Waals surface area contributed by atoms with Gasteiger partial charge >= 0.3 is 0 Å². The number of ether oxygens (including phenoxy) is 1. The number of benzene rings is 2.